The molecule has 0 N–H and O–H groups in total. The Morgan fingerprint density at radius 2 is 1.67 bits per heavy atom. The molecular formula is C28H52N2. The molecule has 0 spiro atoms. The summed E-state index contributed by atoms with van der Waals surface area (Å²) in [4.78, 5) is 5.16. The number of piperazine rings is 1. The molecule has 1 aliphatic carbocycles. The summed E-state index contributed by atoms with van der Waals surface area (Å²) < 4.78 is 0. The van der Waals surface area contributed by atoms with Crippen molar-refractivity contribution in [2.45, 2.75) is 94.0 Å². The summed E-state index contributed by atoms with van der Waals surface area (Å²) in [7, 11) is 0. The highest BCUT2D eigenvalue weighted by atomic mass is 15.3. The number of hydrogen-bond donors (Lipinski definition) is 0. The minimum atomic E-state index is 0.646. The summed E-state index contributed by atoms with van der Waals surface area (Å²) in [5, 5.41) is 0. The monoisotopic (exact) mass is 416 g/mol. The van der Waals surface area contributed by atoms with E-state index >= 15 is 0 Å². The molecule has 2 aliphatic rings. The molecule has 2 rings (SSSR count). The van der Waals surface area contributed by atoms with Gasteiger partial charge in [0.15, 0.2) is 0 Å². The number of nitrogens with zero attached hydrogens (tertiary/aromatic N) is 2. The average Bonchev–Trinajstić information content (AvgIpc) is 2.84. The van der Waals surface area contributed by atoms with Crippen molar-refractivity contribution in [3.8, 4) is 0 Å². The largest absolute Gasteiger partial charge is 0.369 e. The molecule has 2 heteroatoms. The minimum Gasteiger partial charge on any atom is -0.369 e. The summed E-state index contributed by atoms with van der Waals surface area (Å²) in [5.41, 5.74) is 4.59. The summed E-state index contributed by atoms with van der Waals surface area (Å²) in [6, 6.07) is 0.646. The first-order chi connectivity index (χ1) is 14.7. The summed E-state index contributed by atoms with van der Waals surface area (Å²) >= 11 is 0. The first-order valence-electron chi connectivity index (χ1n) is 12.5. The van der Waals surface area contributed by atoms with Crippen LogP contribution >= 0.6 is 0 Å². The molecule has 0 saturated carbocycles. The van der Waals surface area contributed by atoms with Crippen molar-refractivity contribution in [2.75, 3.05) is 26.2 Å². The molecule has 0 aromatic rings. The summed E-state index contributed by atoms with van der Waals surface area (Å²) in [6.45, 7) is 27.1. The van der Waals surface area contributed by atoms with Gasteiger partial charge in [0.2, 0.25) is 0 Å². The van der Waals surface area contributed by atoms with Crippen molar-refractivity contribution in [3.05, 3.63) is 59.9 Å². The van der Waals surface area contributed by atoms with E-state index in [1.807, 2.05) is 53.7 Å². The second-order valence-corrected chi connectivity index (χ2v) is 6.81. The van der Waals surface area contributed by atoms with E-state index in [1.165, 1.54) is 31.4 Å². The minimum absolute atomic E-state index is 0.646. The van der Waals surface area contributed by atoms with Crippen molar-refractivity contribution in [3.63, 3.8) is 0 Å². The molecule has 1 heterocycles. The number of rotatable bonds is 7. The Balaban J connectivity index is 0. The van der Waals surface area contributed by atoms with Gasteiger partial charge in [-0.15, -0.1) is 0 Å². The fourth-order valence-electron chi connectivity index (χ4n) is 3.82. The van der Waals surface area contributed by atoms with E-state index in [2.05, 4.69) is 61.5 Å². The molecule has 1 saturated heterocycles. The van der Waals surface area contributed by atoms with Gasteiger partial charge in [-0.2, -0.15) is 0 Å². The van der Waals surface area contributed by atoms with Gasteiger partial charge >= 0.3 is 0 Å². The summed E-state index contributed by atoms with van der Waals surface area (Å²) in [6.07, 6.45) is 17.8. The van der Waals surface area contributed by atoms with Crippen LogP contribution in [0.5, 0.6) is 0 Å². The predicted molar refractivity (Wildman–Crippen MR) is 140 cm³/mol. The van der Waals surface area contributed by atoms with E-state index in [4.69, 9.17) is 0 Å². The molecule has 0 aromatic heterocycles. The van der Waals surface area contributed by atoms with Gasteiger partial charge in [-0.05, 0) is 51.2 Å². The van der Waals surface area contributed by atoms with Gasteiger partial charge in [0.05, 0.1) is 0 Å². The van der Waals surface area contributed by atoms with Gasteiger partial charge in [-0.25, -0.2) is 0 Å². The number of hydrogen-bond acceptors (Lipinski definition) is 2. The molecule has 0 aromatic carbocycles. The topological polar surface area (TPSA) is 6.48 Å². The van der Waals surface area contributed by atoms with Crippen molar-refractivity contribution in [1.29, 1.82) is 0 Å². The third kappa shape index (κ3) is 11.0. The van der Waals surface area contributed by atoms with Crippen LogP contribution in [0.1, 0.15) is 88.0 Å². The Morgan fingerprint density at radius 3 is 2.17 bits per heavy atom. The zero-order chi connectivity index (χ0) is 23.4. The van der Waals surface area contributed by atoms with Crippen molar-refractivity contribution in [2.24, 2.45) is 0 Å². The fourth-order valence-corrected chi connectivity index (χ4v) is 3.82. The van der Waals surface area contributed by atoms with Crippen LogP contribution in [0.25, 0.3) is 0 Å². The molecule has 0 radical (unpaired) electrons. The lowest BCUT2D eigenvalue weighted by Gasteiger charge is -2.40. The van der Waals surface area contributed by atoms with Crippen molar-refractivity contribution in [1.82, 2.24) is 9.80 Å². The standard InChI is InChI=1S/C22H34N2.3C2H6/c1-5-8-13-22(7-3)24-16-14-23(15-17-24)19(4)18-21-12-10-9-11-20(21)6-2;3*1-2/h5,7-9,11,13,19H,1,6,10,12,14-18H2,2-4H3;3*1-2H3/b13-8-,22-7+;;;. The Kier molecular flexibility index (Phi) is 21.2. The van der Waals surface area contributed by atoms with Gasteiger partial charge in [0, 0.05) is 37.9 Å². The normalized spacial score (nSPS) is 17.9. The van der Waals surface area contributed by atoms with Gasteiger partial charge in [0.1, 0.15) is 0 Å². The van der Waals surface area contributed by atoms with E-state index in [1.54, 1.807) is 11.1 Å². The van der Waals surface area contributed by atoms with Crippen LogP contribution < -0.4 is 0 Å². The third-order valence-corrected chi connectivity index (χ3v) is 5.31. The quantitative estimate of drug-likeness (QED) is 0.386. The van der Waals surface area contributed by atoms with Crippen LogP contribution in [0.3, 0.4) is 0 Å². The molecule has 1 fully saturated rings. The summed E-state index contributed by atoms with van der Waals surface area (Å²) in [5.74, 6) is 0. The van der Waals surface area contributed by atoms with E-state index < -0.39 is 0 Å². The lowest BCUT2D eigenvalue weighted by atomic mass is 9.91. The maximum atomic E-state index is 3.77. The van der Waals surface area contributed by atoms with Crippen LogP contribution in [0.15, 0.2) is 59.9 Å². The molecular weight excluding hydrogens is 364 g/mol. The fraction of sp³-hybridized carbons (Fsp3) is 0.643. The van der Waals surface area contributed by atoms with Gasteiger partial charge in [-0.3, -0.25) is 4.90 Å². The molecule has 2 nitrogen and oxygen atoms in total. The molecule has 1 atom stereocenters. The van der Waals surface area contributed by atoms with Crippen LogP contribution in [0.4, 0.5) is 0 Å². The van der Waals surface area contributed by atoms with E-state index in [9.17, 15) is 0 Å². The number of allylic oxidation sites excluding steroid dienone is 7. The maximum Gasteiger partial charge on any atom is 0.0323 e. The molecule has 1 aliphatic heterocycles. The second kappa shape index (κ2) is 20.7. The van der Waals surface area contributed by atoms with Crippen LogP contribution in [-0.2, 0) is 0 Å². The van der Waals surface area contributed by atoms with Crippen LogP contribution in [-0.4, -0.2) is 42.0 Å². The highest BCUT2D eigenvalue weighted by Gasteiger charge is 2.22. The molecule has 1 unspecified atom stereocenters. The van der Waals surface area contributed by atoms with Crippen LogP contribution in [0.2, 0.25) is 0 Å². The smallest absolute Gasteiger partial charge is 0.0323 e. The molecule has 0 amide bonds. The van der Waals surface area contributed by atoms with Crippen molar-refractivity contribution < 1.29 is 0 Å². The van der Waals surface area contributed by atoms with Gasteiger partial charge in [0.25, 0.3) is 0 Å². The Hall–Kier alpha value is -1.54. The Labute approximate surface area is 190 Å². The Bertz CT molecular complexity index is 529. The third-order valence-electron chi connectivity index (χ3n) is 5.31. The van der Waals surface area contributed by atoms with Crippen LogP contribution in [0, 0.1) is 0 Å². The first-order valence-corrected chi connectivity index (χ1v) is 12.5. The first kappa shape index (κ1) is 30.7. The Morgan fingerprint density at radius 1 is 1.07 bits per heavy atom. The SMILES string of the molecule is C=C/C=C\C(=C/C)N1CCN(C(C)CC2=C(CC)C=CCC2)CC1.CC.CC.CC. The lowest BCUT2D eigenvalue weighted by molar-refractivity contribution is 0.124. The van der Waals surface area contributed by atoms with E-state index in [0.717, 1.165) is 26.2 Å². The second-order valence-electron chi connectivity index (χ2n) is 6.81. The van der Waals surface area contributed by atoms with Crippen molar-refractivity contribution >= 4 is 0 Å². The van der Waals surface area contributed by atoms with E-state index in [0.29, 0.717) is 6.04 Å². The van der Waals surface area contributed by atoms with E-state index in [-0.39, 0.29) is 0 Å². The van der Waals surface area contributed by atoms with Gasteiger partial charge in [-0.1, -0.05) is 91.0 Å². The van der Waals surface area contributed by atoms with Gasteiger partial charge < -0.3 is 4.90 Å². The average molecular weight is 417 g/mol. The zero-order valence-electron chi connectivity index (χ0n) is 21.8. The predicted octanol–water partition coefficient (Wildman–Crippen LogP) is 8.16. The zero-order valence-corrected chi connectivity index (χ0v) is 21.8. The molecule has 174 valence electrons. The molecule has 0 bridgehead atoms. The highest BCUT2D eigenvalue weighted by Crippen LogP contribution is 2.27. The maximum absolute atomic E-state index is 3.77. The highest BCUT2D eigenvalue weighted by molar-refractivity contribution is 5.29. The lowest BCUT2D eigenvalue weighted by Crippen LogP contribution is -2.49. The molecule has 30 heavy (non-hydrogen) atoms.